The van der Waals surface area contributed by atoms with Crippen LogP contribution in [0.4, 0.5) is 0 Å². The van der Waals surface area contributed by atoms with E-state index in [4.69, 9.17) is 21.0 Å². The first kappa shape index (κ1) is 13.1. The lowest BCUT2D eigenvalue weighted by Crippen LogP contribution is -2.46. The van der Waals surface area contributed by atoms with Crippen LogP contribution in [0.25, 0.3) is 0 Å². The Balaban J connectivity index is 2.47. The lowest BCUT2D eigenvalue weighted by atomic mass is 10.3. The number of aryl methyl sites for hydroxylation is 1. The van der Waals surface area contributed by atoms with Crippen molar-refractivity contribution in [3.8, 4) is 0 Å². The molecule has 0 saturated carbocycles. The molecule has 0 unspecified atom stereocenters. The number of nitrogens with one attached hydrogen (secondary N) is 2. The average Bonchev–Trinajstić information content (AvgIpc) is 2.69. The monoisotopic (exact) mass is 237 g/mol. The minimum absolute atomic E-state index is 0.143. The fraction of sp³-hybridized carbons (Fsp3) is 0.455. The van der Waals surface area contributed by atoms with Gasteiger partial charge in [-0.25, -0.2) is 0 Å². The van der Waals surface area contributed by atoms with Gasteiger partial charge in [-0.1, -0.05) is 0 Å². The maximum atomic E-state index is 7.80. The average molecular weight is 237 g/mol. The summed E-state index contributed by atoms with van der Waals surface area (Å²) in [5.41, 5.74) is 5.31. The Morgan fingerprint density at radius 3 is 2.47 bits per heavy atom. The Bertz CT molecular complexity index is 412. The molecular formula is C11H19N5O. The minimum atomic E-state index is -0.143. The number of likely N-dealkylation sites (N-methyl/N-ethyl adjacent to an activating group) is 1. The highest BCUT2D eigenvalue weighted by atomic mass is 16.3. The van der Waals surface area contributed by atoms with Crippen molar-refractivity contribution in [2.75, 3.05) is 20.6 Å². The summed E-state index contributed by atoms with van der Waals surface area (Å²) in [6.45, 7) is 2.54. The van der Waals surface area contributed by atoms with Crippen LogP contribution >= 0.6 is 0 Å². The summed E-state index contributed by atoms with van der Waals surface area (Å²) in [5.74, 6) is 1.84. The second-order valence-electron chi connectivity index (χ2n) is 3.95. The maximum absolute atomic E-state index is 7.80. The van der Waals surface area contributed by atoms with Gasteiger partial charge in [0.15, 0.2) is 11.9 Å². The van der Waals surface area contributed by atoms with Gasteiger partial charge in [0.1, 0.15) is 11.5 Å². The number of hydrogen-bond donors (Lipinski definition) is 3. The predicted octanol–water partition coefficient (Wildman–Crippen LogP) is 0.822. The summed E-state index contributed by atoms with van der Waals surface area (Å²) in [6, 6.07) is 3.85. The molecule has 0 atom stereocenters. The third-order valence-corrected chi connectivity index (χ3v) is 2.53. The number of nitrogens with two attached hydrogens (primary N) is 1. The van der Waals surface area contributed by atoms with Crippen molar-refractivity contribution in [1.29, 1.82) is 10.8 Å². The molecule has 6 nitrogen and oxygen atoms in total. The zero-order valence-corrected chi connectivity index (χ0v) is 10.4. The van der Waals surface area contributed by atoms with Crippen molar-refractivity contribution in [2.24, 2.45) is 5.73 Å². The summed E-state index contributed by atoms with van der Waals surface area (Å²) in [5, 5.41) is 15.0. The SMILES string of the molecule is Cc1ccc(CCN(C)C(=N)N(C)C(=N)N)o1. The molecular weight excluding hydrogens is 218 g/mol. The van der Waals surface area contributed by atoms with Crippen molar-refractivity contribution in [3.05, 3.63) is 23.7 Å². The first-order chi connectivity index (χ1) is 7.91. The first-order valence-corrected chi connectivity index (χ1v) is 5.34. The Morgan fingerprint density at radius 1 is 1.35 bits per heavy atom. The van der Waals surface area contributed by atoms with E-state index in [1.807, 2.05) is 19.1 Å². The summed E-state index contributed by atoms with van der Waals surface area (Å²) >= 11 is 0. The maximum Gasteiger partial charge on any atom is 0.200 e. The van der Waals surface area contributed by atoms with Crippen LogP contribution in [0, 0.1) is 17.7 Å². The zero-order chi connectivity index (χ0) is 13.0. The molecule has 94 valence electrons. The van der Waals surface area contributed by atoms with Gasteiger partial charge in [0, 0.05) is 27.1 Å². The molecule has 6 heteroatoms. The van der Waals surface area contributed by atoms with Crippen LogP contribution < -0.4 is 5.73 Å². The van der Waals surface area contributed by atoms with Gasteiger partial charge in [0.25, 0.3) is 0 Å². The van der Waals surface area contributed by atoms with Crippen molar-refractivity contribution in [2.45, 2.75) is 13.3 Å². The van der Waals surface area contributed by atoms with E-state index in [1.165, 1.54) is 4.90 Å². The van der Waals surface area contributed by atoms with E-state index in [0.29, 0.717) is 6.54 Å². The predicted molar refractivity (Wildman–Crippen MR) is 67.2 cm³/mol. The van der Waals surface area contributed by atoms with Crippen molar-refractivity contribution < 1.29 is 4.42 Å². The summed E-state index contributed by atoms with van der Waals surface area (Å²) in [6.07, 6.45) is 0.721. The topological polar surface area (TPSA) is 93.3 Å². The van der Waals surface area contributed by atoms with Crippen molar-refractivity contribution in [1.82, 2.24) is 9.80 Å². The normalized spacial score (nSPS) is 10.1. The number of hydrogen-bond acceptors (Lipinski definition) is 3. The summed E-state index contributed by atoms with van der Waals surface area (Å²) in [7, 11) is 3.38. The van der Waals surface area contributed by atoms with Gasteiger partial charge < -0.3 is 15.1 Å². The molecule has 0 radical (unpaired) electrons. The largest absolute Gasteiger partial charge is 0.466 e. The first-order valence-electron chi connectivity index (χ1n) is 5.34. The van der Waals surface area contributed by atoms with E-state index in [0.717, 1.165) is 17.9 Å². The molecule has 0 aliphatic rings. The molecule has 0 amide bonds. The Morgan fingerprint density at radius 2 is 2.00 bits per heavy atom. The fourth-order valence-corrected chi connectivity index (χ4v) is 1.37. The van der Waals surface area contributed by atoms with Gasteiger partial charge in [-0.2, -0.15) is 0 Å². The molecule has 0 aliphatic heterocycles. The number of nitrogens with zero attached hydrogens (tertiary/aromatic N) is 2. The molecule has 0 aliphatic carbocycles. The van der Waals surface area contributed by atoms with Gasteiger partial charge in [-0.3, -0.25) is 15.7 Å². The second kappa shape index (κ2) is 5.38. The Kier molecular flexibility index (Phi) is 4.14. The van der Waals surface area contributed by atoms with Gasteiger partial charge in [0.2, 0.25) is 0 Å². The molecule has 1 rings (SSSR count). The molecule has 4 N–H and O–H groups in total. The molecule has 0 fully saturated rings. The van der Waals surface area contributed by atoms with Crippen LogP contribution in [0.15, 0.2) is 16.5 Å². The van der Waals surface area contributed by atoms with Crippen LogP contribution in [0.5, 0.6) is 0 Å². The highest BCUT2D eigenvalue weighted by Gasteiger charge is 2.12. The molecule has 1 aromatic rings. The van der Waals surface area contributed by atoms with E-state index in [1.54, 1.807) is 19.0 Å². The summed E-state index contributed by atoms with van der Waals surface area (Å²) < 4.78 is 5.44. The quantitative estimate of drug-likeness (QED) is 0.536. The molecule has 17 heavy (non-hydrogen) atoms. The van der Waals surface area contributed by atoms with Crippen LogP contribution in [0.3, 0.4) is 0 Å². The van der Waals surface area contributed by atoms with Gasteiger partial charge >= 0.3 is 0 Å². The highest BCUT2D eigenvalue weighted by molar-refractivity contribution is 5.94. The fourth-order valence-electron chi connectivity index (χ4n) is 1.37. The third-order valence-electron chi connectivity index (χ3n) is 2.53. The molecule has 0 bridgehead atoms. The van der Waals surface area contributed by atoms with Crippen LogP contribution in [0.1, 0.15) is 11.5 Å². The number of furan rings is 1. The summed E-state index contributed by atoms with van der Waals surface area (Å²) in [4.78, 5) is 3.03. The van der Waals surface area contributed by atoms with Crippen LogP contribution in [0.2, 0.25) is 0 Å². The lowest BCUT2D eigenvalue weighted by molar-refractivity contribution is 0.414. The lowest BCUT2D eigenvalue weighted by Gasteiger charge is -2.26. The zero-order valence-electron chi connectivity index (χ0n) is 10.4. The second-order valence-corrected chi connectivity index (χ2v) is 3.95. The van der Waals surface area contributed by atoms with E-state index in [2.05, 4.69) is 0 Å². The van der Waals surface area contributed by atoms with E-state index >= 15 is 0 Å². The molecule has 0 spiro atoms. The van der Waals surface area contributed by atoms with E-state index in [-0.39, 0.29) is 11.9 Å². The van der Waals surface area contributed by atoms with Crippen molar-refractivity contribution in [3.63, 3.8) is 0 Å². The smallest absolute Gasteiger partial charge is 0.200 e. The standard InChI is InChI=1S/C11H19N5O/c1-8-4-5-9(17-8)6-7-15(2)11(14)16(3)10(12)13/h4-5,14H,6-7H2,1-3H3,(H3,12,13). The Hall–Kier alpha value is -1.98. The van der Waals surface area contributed by atoms with E-state index < -0.39 is 0 Å². The van der Waals surface area contributed by atoms with E-state index in [9.17, 15) is 0 Å². The Labute approximate surface area is 101 Å². The number of rotatable bonds is 3. The molecule has 1 heterocycles. The van der Waals surface area contributed by atoms with Crippen LogP contribution in [-0.2, 0) is 6.42 Å². The van der Waals surface area contributed by atoms with Crippen LogP contribution in [-0.4, -0.2) is 42.4 Å². The molecule has 0 saturated heterocycles. The van der Waals surface area contributed by atoms with Gasteiger partial charge in [-0.15, -0.1) is 0 Å². The van der Waals surface area contributed by atoms with Gasteiger partial charge in [0.05, 0.1) is 0 Å². The van der Waals surface area contributed by atoms with Crippen molar-refractivity contribution >= 4 is 11.9 Å². The highest BCUT2D eigenvalue weighted by Crippen LogP contribution is 2.07. The molecule has 0 aromatic carbocycles. The minimum Gasteiger partial charge on any atom is -0.466 e. The molecule has 1 aromatic heterocycles. The number of guanidine groups is 2. The third kappa shape index (κ3) is 3.51. The van der Waals surface area contributed by atoms with Gasteiger partial charge in [-0.05, 0) is 19.1 Å².